The summed E-state index contributed by atoms with van der Waals surface area (Å²) in [5, 5.41) is 2.83. The van der Waals surface area contributed by atoms with E-state index in [0.717, 1.165) is 12.8 Å². The van der Waals surface area contributed by atoms with Crippen LogP contribution >= 0.6 is 0 Å². The van der Waals surface area contributed by atoms with Crippen LogP contribution in [0.4, 0.5) is 0 Å². The number of ether oxygens (including phenoxy) is 1. The highest BCUT2D eigenvalue weighted by Crippen LogP contribution is 2.24. The summed E-state index contributed by atoms with van der Waals surface area (Å²) in [6.07, 6.45) is 1.48. The molecule has 1 unspecified atom stereocenters. The van der Waals surface area contributed by atoms with Gasteiger partial charge in [-0.3, -0.25) is 0 Å². The molecule has 0 bridgehead atoms. The minimum Gasteiger partial charge on any atom is -0.375 e. The summed E-state index contributed by atoms with van der Waals surface area (Å²) in [7, 11) is -1.42. The molecular weight excluding hydrogens is 228 g/mol. The van der Waals surface area contributed by atoms with E-state index in [9.17, 15) is 8.42 Å². The lowest BCUT2D eigenvalue weighted by Gasteiger charge is -2.35. The summed E-state index contributed by atoms with van der Waals surface area (Å²) in [5.41, 5.74) is -0.228. The Labute approximate surface area is 98.0 Å². The monoisotopic (exact) mass is 250 g/mol. The van der Waals surface area contributed by atoms with Crippen LogP contribution in [0.3, 0.4) is 0 Å². The third-order valence-electron chi connectivity index (χ3n) is 2.66. The summed E-state index contributed by atoms with van der Waals surface area (Å²) >= 11 is 0. The first-order valence-electron chi connectivity index (χ1n) is 5.63. The van der Waals surface area contributed by atoms with Crippen molar-refractivity contribution in [2.45, 2.75) is 38.3 Å². The molecule has 2 N–H and O–H groups in total. The van der Waals surface area contributed by atoms with Crippen LogP contribution in [0.5, 0.6) is 0 Å². The van der Waals surface area contributed by atoms with Gasteiger partial charge in [0.2, 0.25) is 10.0 Å². The number of sulfonamides is 1. The fourth-order valence-electron chi connectivity index (χ4n) is 1.88. The third-order valence-corrected chi connectivity index (χ3v) is 4.10. The Morgan fingerprint density at radius 2 is 2.12 bits per heavy atom. The molecule has 0 saturated carbocycles. The van der Waals surface area contributed by atoms with E-state index in [1.807, 2.05) is 13.8 Å². The largest absolute Gasteiger partial charge is 0.375 e. The fourth-order valence-corrected chi connectivity index (χ4v) is 3.18. The molecule has 0 spiro atoms. The van der Waals surface area contributed by atoms with Gasteiger partial charge in [-0.15, -0.1) is 0 Å². The average Bonchev–Trinajstić information content (AvgIpc) is 2.12. The van der Waals surface area contributed by atoms with Crippen molar-refractivity contribution in [1.29, 1.82) is 0 Å². The smallest absolute Gasteiger partial charge is 0.213 e. The summed E-state index contributed by atoms with van der Waals surface area (Å²) in [4.78, 5) is 0. The number of rotatable bonds is 5. The van der Waals surface area contributed by atoms with Crippen LogP contribution in [0.2, 0.25) is 0 Å². The Balaban J connectivity index is 2.47. The van der Waals surface area contributed by atoms with E-state index >= 15 is 0 Å². The predicted octanol–water partition coefficient (Wildman–Crippen LogP) is 0.0828. The van der Waals surface area contributed by atoms with Crippen molar-refractivity contribution >= 4 is 10.0 Å². The van der Waals surface area contributed by atoms with Crippen molar-refractivity contribution < 1.29 is 13.2 Å². The molecule has 96 valence electrons. The molecule has 5 nitrogen and oxygen atoms in total. The highest BCUT2D eigenvalue weighted by Gasteiger charge is 2.30. The molecule has 6 heteroatoms. The van der Waals surface area contributed by atoms with Gasteiger partial charge in [-0.25, -0.2) is 13.1 Å². The quantitative estimate of drug-likeness (QED) is 0.725. The Morgan fingerprint density at radius 3 is 2.69 bits per heavy atom. The molecule has 16 heavy (non-hydrogen) atoms. The van der Waals surface area contributed by atoms with E-state index in [0.29, 0.717) is 13.2 Å². The molecule has 1 aliphatic rings. The molecule has 0 aromatic heterocycles. The van der Waals surface area contributed by atoms with Crippen molar-refractivity contribution in [3.63, 3.8) is 0 Å². The van der Waals surface area contributed by atoms with Gasteiger partial charge in [0.15, 0.2) is 0 Å². The van der Waals surface area contributed by atoms with Gasteiger partial charge >= 0.3 is 0 Å². The van der Waals surface area contributed by atoms with Crippen molar-refractivity contribution in [3.8, 4) is 0 Å². The van der Waals surface area contributed by atoms with Gasteiger partial charge in [-0.1, -0.05) is 0 Å². The minimum absolute atomic E-state index is 0.00519. The van der Waals surface area contributed by atoms with E-state index in [1.165, 1.54) is 0 Å². The third kappa shape index (κ3) is 4.78. The zero-order chi connectivity index (χ0) is 12.2. The number of nitrogens with one attached hydrogen (secondary N) is 2. The van der Waals surface area contributed by atoms with Crippen molar-refractivity contribution in [3.05, 3.63) is 0 Å². The molecule has 0 aromatic carbocycles. The van der Waals surface area contributed by atoms with E-state index < -0.39 is 10.0 Å². The molecule has 1 heterocycles. The molecule has 1 aliphatic heterocycles. The summed E-state index contributed by atoms with van der Waals surface area (Å²) in [5.74, 6) is 0.126. The highest BCUT2D eigenvalue weighted by molar-refractivity contribution is 7.89. The zero-order valence-electron chi connectivity index (χ0n) is 10.2. The fraction of sp³-hybridized carbons (Fsp3) is 1.00. The Kier molecular flexibility index (Phi) is 4.73. The highest BCUT2D eigenvalue weighted by atomic mass is 32.2. The summed E-state index contributed by atoms with van der Waals surface area (Å²) in [6, 6.07) is 0.00519. The predicted molar refractivity (Wildman–Crippen MR) is 63.9 cm³/mol. The molecule has 0 aromatic rings. The molecule has 1 saturated heterocycles. The van der Waals surface area contributed by atoms with Crippen LogP contribution in [0.15, 0.2) is 0 Å². The van der Waals surface area contributed by atoms with E-state index in [1.54, 1.807) is 7.05 Å². The van der Waals surface area contributed by atoms with Gasteiger partial charge in [-0.2, -0.15) is 0 Å². The lowest BCUT2D eigenvalue weighted by atomic mass is 9.95. The van der Waals surface area contributed by atoms with Gasteiger partial charge in [0.25, 0.3) is 0 Å². The van der Waals surface area contributed by atoms with Gasteiger partial charge in [0.05, 0.1) is 11.4 Å². The van der Waals surface area contributed by atoms with Crippen LogP contribution < -0.4 is 10.0 Å². The number of hydrogen-bond acceptors (Lipinski definition) is 4. The molecule has 1 rings (SSSR count). The molecule has 0 aliphatic carbocycles. The molecule has 1 fully saturated rings. The second kappa shape index (κ2) is 5.44. The maximum atomic E-state index is 11.7. The van der Waals surface area contributed by atoms with Crippen molar-refractivity contribution in [2.24, 2.45) is 0 Å². The lowest BCUT2D eigenvalue weighted by Crippen LogP contribution is -2.46. The van der Waals surface area contributed by atoms with Crippen LogP contribution in [0.1, 0.15) is 26.7 Å². The molecule has 0 radical (unpaired) electrons. The van der Waals surface area contributed by atoms with Crippen LogP contribution in [0, 0.1) is 0 Å². The Hall–Kier alpha value is -0.170. The van der Waals surface area contributed by atoms with Gasteiger partial charge in [0, 0.05) is 19.2 Å². The number of hydrogen-bond donors (Lipinski definition) is 2. The van der Waals surface area contributed by atoms with Crippen molar-refractivity contribution in [1.82, 2.24) is 10.0 Å². The molecule has 1 atom stereocenters. The lowest BCUT2D eigenvalue weighted by molar-refractivity contribution is -0.0599. The standard InChI is InChI=1S/C10H22N2O3S/c1-10(2)8-9(4-6-15-10)12-16(13,14)7-5-11-3/h9,11-12H,4-8H2,1-3H3. The van der Waals surface area contributed by atoms with E-state index in [4.69, 9.17) is 4.74 Å². The van der Waals surface area contributed by atoms with Gasteiger partial charge in [-0.05, 0) is 33.7 Å². The van der Waals surface area contributed by atoms with Crippen molar-refractivity contribution in [2.75, 3.05) is 26.0 Å². The first-order valence-corrected chi connectivity index (χ1v) is 7.28. The normalized spacial score (nSPS) is 25.6. The van der Waals surface area contributed by atoms with Crippen LogP contribution in [0.25, 0.3) is 0 Å². The van der Waals surface area contributed by atoms with E-state index in [-0.39, 0.29) is 17.4 Å². The molecular formula is C10H22N2O3S. The minimum atomic E-state index is -3.16. The van der Waals surface area contributed by atoms with Crippen LogP contribution in [-0.2, 0) is 14.8 Å². The Morgan fingerprint density at radius 1 is 1.44 bits per heavy atom. The Bertz CT molecular complexity index is 314. The second-order valence-corrected chi connectivity index (χ2v) is 6.71. The topological polar surface area (TPSA) is 67.4 Å². The van der Waals surface area contributed by atoms with Gasteiger partial charge in [0.1, 0.15) is 0 Å². The van der Waals surface area contributed by atoms with Gasteiger partial charge < -0.3 is 10.1 Å². The average molecular weight is 250 g/mol. The second-order valence-electron chi connectivity index (χ2n) is 4.84. The van der Waals surface area contributed by atoms with Crippen LogP contribution in [-0.4, -0.2) is 46.0 Å². The first-order chi connectivity index (χ1) is 7.35. The SMILES string of the molecule is CNCCS(=O)(=O)NC1CCOC(C)(C)C1. The summed E-state index contributed by atoms with van der Waals surface area (Å²) in [6.45, 7) is 5.07. The molecule has 0 amide bonds. The maximum Gasteiger partial charge on any atom is 0.213 e. The first kappa shape index (κ1) is 13.9. The zero-order valence-corrected chi connectivity index (χ0v) is 11.1. The maximum absolute atomic E-state index is 11.7. The van der Waals surface area contributed by atoms with E-state index in [2.05, 4.69) is 10.0 Å². The summed E-state index contributed by atoms with van der Waals surface area (Å²) < 4.78 is 31.6.